The van der Waals surface area contributed by atoms with Crippen molar-refractivity contribution in [3.63, 3.8) is 0 Å². The number of hydrogen-bond donors (Lipinski definition) is 1. The summed E-state index contributed by atoms with van der Waals surface area (Å²) >= 11 is 0. The van der Waals surface area contributed by atoms with Gasteiger partial charge in [0, 0.05) is 25.7 Å². The minimum atomic E-state index is -0.424. The predicted molar refractivity (Wildman–Crippen MR) is 89.1 cm³/mol. The Balaban J connectivity index is 1.79. The van der Waals surface area contributed by atoms with Gasteiger partial charge in [0.15, 0.2) is 0 Å². The molecule has 1 aromatic carbocycles. The second-order valence-corrected chi connectivity index (χ2v) is 7.33. The van der Waals surface area contributed by atoms with Gasteiger partial charge in [0.05, 0.1) is 0 Å². The van der Waals surface area contributed by atoms with Gasteiger partial charge in [-0.2, -0.15) is 0 Å². The highest BCUT2D eigenvalue weighted by Crippen LogP contribution is 2.18. The van der Waals surface area contributed by atoms with Gasteiger partial charge in [0.25, 0.3) is 0 Å². The monoisotopic (exact) mass is 304 g/mol. The molecule has 1 aliphatic heterocycles. The molecular weight excluding hydrogens is 276 g/mol. The largest absolute Gasteiger partial charge is 0.444 e. The van der Waals surface area contributed by atoms with E-state index in [9.17, 15) is 4.79 Å². The topological polar surface area (TPSA) is 41.6 Å². The number of nitrogens with zero attached hydrogens (tertiary/aromatic N) is 1. The Kier molecular flexibility index (Phi) is 4.81. The lowest BCUT2D eigenvalue weighted by Crippen LogP contribution is -2.60. The highest BCUT2D eigenvalue weighted by molar-refractivity contribution is 5.69. The van der Waals surface area contributed by atoms with Crippen molar-refractivity contribution in [3.05, 3.63) is 34.4 Å². The van der Waals surface area contributed by atoms with Crippen molar-refractivity contribution in [3.8, 4) is 0 Å². The molecular formula is C18H28N2O2. The third-order valence-corrected chi connectivity index (χ3v) is 4.07. The fourth-order valence-electron chi connectivity index (χ4n) is 2.55. The third kappa shape index (κ3) is 4.23. The molecule has 1 N–H and O–H groups in total. The Morgan fingerprint density at radius 2 is 1.77 bits per heavy atom. The molecule has 1 aliphatic rings. The van der Waals surface area contributed by atoms with E-state index in [4.69, 9.17) is 4.74 Å². The Morgan fingerprint density at radius 3 is 2.36 bits per heavy atom. The summed E-state index contributed by atoms with van der Waals surface area (Å²) < 4.78 is 5.36. The highest BCUT2D eigenvalue weighted by Gasteiger charge is 2.33. The van der Waals surface area contributed by atoms with E-state index in [1.165, 1.54) is 22.3 Å². The molecule has 1 aromatic rings. The third-order valence-electron chi connectivity index (χ3n) is 4.07. The number of ether oxygens (including phenoxy) is 1. The summed E-state index contributed by atoms with van der Waals surface area (Å²) in [5.74, 6) is 0. The summed E-state index contributed by atoms with van der Waals surface area (Å²) in [6.07, 6.45) is -0.215. The number of amides is 1. The standard InChI is InChI=1S/C18H28N2O2/c1-12-7-14(3)15(8-13(12)2)9-19-16-10-20(11-16)17(21)22-18(4,5)6/h7-8,16,19H,9-11H2,1-6H3. The average Bonchev–Trinajstić information content (AvgIpc) is 2.31. The van der Waals surface area contributed by atoms with E-state index in [-0.39, 0.29) is 6.09 Å². The van der Waals surface area contributed by atoms with Crippen molar-refractivity contribution in [1.82, 2.24) is 10.2 Å². The fourth-order valence-corrected chi connectivity index (χ4v) is 2.55. The molecule has 4 heteroatoms. The van der Waals surface area contributed by atoms with Crippen molar-refractivity contribution in [2.75, 3.05) is 13.1 Å². The molecule has 2 rings (SSSR count). The van der Waals surface area contributed by atoms with E-state index >= 15 is 0 Å². The van der Waals surface area contributed by atoms with Gasteiger partial charge in [-0.3, -0.25) is 0 Å². The van der Waals surface area contributed by atoms with E-state index in [2.05, 4.69) is 38.2 Å². The van der Waals surface area contributed by atoms with Crippen LogP contribution in [0.1, 0.15) is 43.0 Å². The smallest absolute Gasteiger partial charge is 0.410 e. The van der Waals surface area contributed by atoms with Crippen LogP contribution in [0.15, 0.2) is 12.1 Å². The zero-order valence-electron chi connectivity index (χ0n) is 14.6. The molecule has 1 fully saturated rings. The van der Waals surface area contributed by atoms with Crippen LogP contribution >= 0.6 is 0 Å². The summed E-state index contributed by atoms with van der Waals surface area (Å²) in [6.45, 7) is 14.4. The fraction of sp³-hybridized carbons (Fsp3) is 0.611. The van der Waals surface area contributed by atoms with E-state index in [0.717, 1.165) is 19.6 Å². The number of carbonyl (C=O) groups excluding carboxylic acids is 1. The van der Waals surface area contributed by atoms with Crippen LogP contribution < -0.4 is 5.32 Å². The molecule has 4 nitrogen and oxygen atoms in total. The number of aryl methyl sites for hydroxylation is 3. The Bertz CT molecular complexity index is 555. The Labute approximate surface area is 133 Å². The summed E-state index contributed by atoms with van der Waals surface area (Å²) in [5.41, 5.74) is 4.89. The van der Waals surface area contributed by atoms with Crippen LogP contribution in [0.4, 0.5) is 4.79 Å². The van der Waals surface area contributed by atoms with Crippen molar-refractivity contribution in [2.24, 2.45) is 0 Å². The number of benzene rings is 1. The van der Waals surface area contributed by atoms with E-state index in [1.807, 2.05) is 20.8 Å². The molecule has 1 amide bonds. The van der Waals surface area contributed by atoms with Gasteiger partial charge in [0.2, 0.25) is 0 Å². The molecule has 1 saturated heterocycles. The number of nitrogens with one attached hydrogen (secondary N) is 1. The van der Waals surface area contributed by atoms with Crippen LogP contribution in [-0.4, -0.2) is 35.7 Å². The van der Waals surface area contributed by atoms with Crippen molar-refractivity contribution >= 4 is 6.09 Å². The molecule has 0 atom stereocenters. The maximum atomic E-state index is 11.9. The highest BCUT2D eigenvalue weighted by atomic mass is 16.6. The molecule has 0 spiro atoms. The maximum absolute atomic E-state index is 11.9. The van der Waals surface area contributed by atoms with Gasteiger partial charge in [-0.25, -0.2) is 4.79 Å². The normalized spacial score (nSPS) is 15.6. The minimum Gasteiger partial charge on any atom is -0.444 e. The average molecular weight is 304 g/mol. The zero-order chi connectivity index (χ0) is 16.5. The molecule has 0 unspecified atom stereocenters. The first-order chi connectivity index (χ1) is 10.2. The van der Waals surface area contributed by atoms with E-state index in [0.29, 0.717) is 6.04 Å². The summed E-state index contributed by atoms with van der Waals surface area (Å²) in [4.78, 5) is 13.6. The zero-order valence-corrected chi connectivity index (χ0v) is 14.6. The first-order valence-electron chi connectivity index (χ1n) is 7.94. The quantitative estimate of drug-likeness (QED) is 0.931. The van der Waals surface area contributed by atoms with Gasteiger partial charge >= 0.3 is 6.09 Å². The number of carbonyl (C=O) groups is 1. The number of likely N-dealkylation sites (tertiary alicyclic amines) is 1. The number of rotatable bonds is 3. The molecule has 0 aromatic heterocycles. The molecule has 22 heavy (non-hydrogen) atoms. The van der Waals surface area contributed by atoms with Crippen LogP contribution in [0.2, 0.25) is 0 Å². The molecule has 0 bridgehead atoms. The van der Waals surface area contributed by atoms with E-state index in [1.54, 1.807) is 4.90 Å². The Hall–Kier alpha value is -1.55. The Morgan fingerprint density at radius 1 is 1.18 bits per heavy atom. The first-order valence-corrected chi connectivity index (χ1v) is 7.94. The van der Waals surface area contributed by atoms with Crippen molar-refractivity contribution in [2.45, 2.75) is 59.7 Å². The van der Waals surface area contributed by atoms with Crippen LogP contribution in [0.5, 0.6) is 0 Å². The molecule has 0 saturated carbocycles. The summed E-state index contributed by atoms with van der Waals surface area (Å²) in [7, 11) is 0. The van der Waals surface area contributed by atoms with E-state index < -0.39 is 5.60 Å². The summed E-state index contributed by atoms with van der Waals surface area (Å²) in [5, 5.41) is 3.52. The van der Waals surface area contributed by atoms with Gasteiger partial charge in [-0.15, -0.1) is 0 Å². The first kappa shape index (κ1) is 16.8. The van der Waals surface area contributed by atoms with Gasteiger partial charge in [-0.05, 0) is 63.8 Å². The van der Waals surface area contributed by atoms with Crippen LogP contribution in [-0.2, 0) is 11.3 Å². The lowest BCUT2D eigenvalue weighted by Gasteiger charge is -2.40. The minimum absolute atomic E-state index is 0.215. The lowest BCUT2D eigenvalue weighted by atomic mass is 10.0. The van der Waals surface area contributed by atoms with Crippen LogP contribution in [0.3, 0.4) is 0 Å². The lowest BCUT2D eigenvalue weighted by molar-refractivity contribution is 0.00518. The SMILES string of the molecule is Cc1cc(C)c(CNC2CN(C(=O)OC(C)(C)C)C2)cc1C. The van der Waals surface area contributed by atoms with Gasteiger partial charge in [0.1, 0.15) is 5.60 Å². The van der Waals surface area contributed by atoms with Crippen molar-refractivity contribution < 1.29 is 9.53 Å². The second kappa shape index (κ2) is 6.29. The second-order valence-electron chi connectivity index (χ2n) is 7.33. The van der Waals surface area contributed by atoms with Crippen LogP contribution in [0, 0.1) is 20.8 Å². The molecule has 0 aliphatic carbocycles. The number of hydrogen-bond acceptors (Lipinski definition) is 3. The summed E-state index contributed by atoms with van der Waals surface area (Å²) in [6, 6.07) is 4.84. The van der Waals surface area contributed by atoms with Gasteiger partial charge < -0.3 is 15.0 Å². The van der Waals surface area contributed by atoms with Gasteiger partial charge in [-0.1, -0.05) is 12.1 Å². The van der Waals surface area contributed by atoms with Crippen LogP contribution in [0.25, 0.3) is 0 Å². The van der Waals surface area contributed by atoms with Crippen molar-refractivity contribution in [1.29, 1.82) is 0 Å². The molecule has 0 radical (unpaired) electrons. The molecule has 122 valence electrons. The molecule has 1 heterocycles. The maximum Gasteiger partial charge on any atom is 0.410 e. The predicted octanol–water partition coefficient (Wildman–Crippen LogP) is 3.32.